The van der Waals surface area contributed by atoms with Gasteiger partial charge < -0.3 is 25.4 Å². The Bertz CT molecular complexity index is 1030. The van der Waals surface area contributed by atoms with E-state index in [9.17, 15) is 9.59 Å². The molecule has 2 aromatic carbocycles. The number of urea groups is 1. The molecule has 0 saturated heterocycles. The second kappa shape index (κ2) is 8.37. The molecule has 0 bridgehead atoms. The Morgan fingerprint density at radius 1 is 1.00 bits per heavy atom. The Balaban J connectivity index is 1.31. The third-order valence-electron chi connectivity index (χ3n) is 6.89. The quantitative estimate of drug-likeness (QED) is 0.772. The number of nitrogens with zero attached hydrogens (tertiary/aromatic N) is 1. The van der Waals surface area contributed by atoms with Crippen molar-refractivity contribution in [3.63, 3.8) is 0 Å². The number of carbonyl (C=O) groups excluding carboxylic acids is 2. The Labute approximate surface area is 187 Å². The topological polar surface area (TPSA) is 93.9 Å². The summed E-state index contributed by atoms with van der Waals surface area (Å²) in [5.74, 6) is 1.26. The summed E-state index contributed by atoms with van der Waals surface area (Å²) >= 11 is 0. The highest BCUT2D eigenvalue weighted by Gasteiger charge is 2.43. The maximum absolute atomic E-state index is 13.1. The molecule has 1 fully saturated rings. The number of ether oxygens (including phenoxy) is 2. The molecule has 3 N–H and O–H groups in total. The lowest BCUT2D eigenvalue weighted by Gasteiger charge is -2.42. The first-order chi connectivity index (χ1) is 15.5. The van der Waals surface area contributed by atoms with Crippen molar-refractivity contribution in [1.29, 1.82) is 0 Å². The Hall–Kier alpha value is -3.22. The van der Waals surface area contributed by atoms with Crippen LogP contribution in [0.25, 0.3) is 0 Å². The van der Waals surface area contributed by atoms with Gasteiger partial charge >= 0.3 is 6.03 Å². The number of amides is 3. The largest absolute Gasteiger partial charge is 0.486 e. The van der Waals surface area contributed by atoms with Crippen LogP contribution >= 0.6 is 0 Å². The van der Waals surface area contributed by atoms with Crippen molar-refractivity contribution < 1.29 is 19.1 Å². The fourth-order valence-electron chi connectivity index (χ4n) is 5.36. The number of primary amides is 1. The van der Waals surface area contributed by atoms with Gasteiger partial charge in [-0.2, -0.15) is 0 Å². The summed E-state index contributed by atoms with van der Waals surface area (Å²) in [4.78, 5) is 26.1. The van der Waals surface area contributed by atoms with Crippen LogP contribution in [0.15, 0.2) is 36.4 Å². The highest BCUT2D eigenvalue weighted by Crippen LogP contribution is 2.49. The number of nitrogens with two attached hydrogens (primary N) is 1. The average molecular weight is 436 g/mol. The van der Waals surface area contributed by atoms with Crippen LogP contribution in [0.2, 0.25) is 0 Å². The van der Waals surface area contributed by atoms with Gasteiger partial charge in [-0.15, -0.1) is 0 Å². The molecule has 168 valence electrons. The molecule has 5 rings (SSSR count). The van der Waals surface area contributed by atoms with Gasteiger partial charge in [0.1, 0.15) is 13.2 Å². The van der Waals surface area contributed by atoms with Crippen molar-refractivity contribution in [2.75, 3.05) is 19.8 Å². The number of fused-ring (bicyclic) bond motifs is 3. The van der Waals surface area contributed by atoms with E-state index in [0.29, 0.717) is 26.3 Å². The molecule has 0 radical (unpaired) electrons. The second-order valence-electron chi connectivity index (χ2n) is 9.11. The predicted molar refractivity (Wildman–Crippen MR) is 120 cm³/mol. The third kappa shape index (κ3) is 3.99. The number of benzene rings is 2. The Morgan fingerprint density at radius 3 is 2.34 bits per heavy atom. The molecule has 2 aromatic rings. The summed E-state index contributed by atoms with van der Waals surface area (Å²) in [6, 6.07) is 11.8. The minimum Gasteiger partial charge on any atom is -0.486 e. The zero-order valence-electron chi connectivity index (χ0n) is 18.2. The molecule has 2 aliphatic heterocycles. The van der Waals surface area contributed by atoms with Crippen LogP contribution in [0.5, 0.6) is 11.5 Å². The highest BCUT2D eigenvalue weighted by molar-refractivity contribution is 5.76. The van der Waals surface area contributed by atoms with Gasteiger partial charge in [-0.05, 0) is 47.2 Å². The fraction of sp³-hybridized carbons (Fsp3) is 0.440. The summed E-state index contributed by atoms with van der Waals surface area (Å²) in [7, 11) is 0. The summed E-state index contributed by atoms with van der Waals surface area (Å²) in [6.07, 6.45) is 4.76. The van der Waals surface area contributed by atoms with Crippen molar-refractivity contribution in [3.8, 4) is 11.5 Å². The minimum atomic E-state index is -0.351. The van der Waals surface area contributed by atoms with Gasteiger partial charge in [-0.25, -0.2) is 4.79 Å². The first-order valence-electron chi connectivity index (χ1n) is 11.3. The lowest BCUT2D eigenvalue weighted by molar-refractivity contribution is -0.117. The van der Waals surface area contributed by atoms with Gasteiger partial charge in [-0.1, -0.05) is 37.1 Å². The van der Waals surface area contributed by atoms with Gasteiger partial charge in [0, 0.05) is 25.0 Å². The van der Waals surface area contributed by atoms with Crippen LogP contribution in [-0.2, 0) is 29.7 Å². The van der Waals surface area contributed by atoms with Gasteiger partial charge in [0.2, 0.25) is 5.91 Å². The molecule has 1 spiro atoms. The van der Waals surface area contributed by atoms with E-state index in [1.807, 2.05) is 29.2 Å². The van der Waals surface area contributed by atoms with Crippen molar-refractivity contribution >= 4 is 11.9 Å². The van der Waals surface area contributed by atoms with Gasteiger partial charge in [0.15, 0.2) is 11.5 Å². The minimum absolute atomic E-state index is 0.00281. The number of hydrogen-bond donors (Lipinski definition) is 2. The van der Waals surface area contributed by atoms with Crippen molar-refractivity contribution in [1.82, 2.24) is 10.2 Å². The molecular formula is C25H29N3O4. The van der Waals surface area contributed by atoms with Crippen molar-refractivity contribution in [2.24, 2.45) is 5.73 Å². The number of nitrogens with one attached hydrogen (secondary N) is 1. The number of hydrogen-bond acceptors (Lipinski definition) is 4. The molecule has 0 unspecified atom stereocenters. The standard InChI is InChI=1S/C25H29N3O4/c26-23(29)11-17-3-5-18(6-4-17)14-27-24(30)28-15-19-12-21-22(32-10-9-31-21)13-20(19)25(16-28)7-1-2-8-25/h3-6,12-13H,1-2,7-11,14-16H2,(H2,26,29)(H,27,30). The van der Waals surface area contributed by atoms with Gasteiger partial charge in [0.25, 0.3) is 0 Å². The van der Waals surface area contributed by atoms with Crippen LogP contribution in [0.3, 0.4) is 0 Å². The fourth-order valence-corrected chi connectivity index (χ4v) is 5.36. The second-order valence-corrected chi connectivity index (χ2v) is 9.11. The van der Waals surface area contributed by atoms with E-state index < -0.39 is 0 Å². The summed E-state index contributed by atoms with van der Waals surface area (Å²) in [6.45, 7) is 2.86. The van der Waals surface area contributed by atoms with E-state index in [1.165, 1.54) is 18.4 Å². The SMILES string of the molecule is NC(=O)Cc1ccc(CNC(=O)N2Cc3cc4c(cc3C3(CCCC3)C2)OCCO4)cc1. The molecule has 3 aliphatic rings. The van der Waals surface area contributed by atoms with E-state index in [4.69, 9.17) is 15.2 Å². The molecule has 7 heteroatoms. The lowest BCUT2D eigenvalue weighted by atomic mass is 9.73. The van der Waals surface area contributed by atoms with Crippen LogP contribution in [-0.4, -0.2) is 36.6 Å². The van der Waals surface area contributed by atoms with Crippen LogP contribution in [0.4, 0.5) is 4.79 Å². The predicted octanol–water partition coefficient (Wildman–Crippen LogP) is 3.02. The monoisotopic (exact) mass is 435 g/mol. The maximum atomic E-state index is 13.1. The third-order valence-corrected chi connectivity index (χ3v) is 6.89. The molecule has 0 atom stereocenters. The maximum Gasteiger partial charge on any atom is 0.317 e. The summed E-state index contributed by atoms with van der Waals surface area (Å²) in [5, 5.41) is 3.07. The summed E-state index contributed by atoms with van der Waals surface area (Å²) in [5.41, 5.74) is 9.59. The van der Waals surface area contributed by atoms with E-state index in [0.717, 1.165) is 47.6 Å². The van der Waals surface area contributed by atoms with Crippen LogP contribution in [0, 0.1) is 0 Å². The lowest BCUT2D eigenvalue weighted by Crippen LogP contribution is -2.50. The molecular weight excluding hydrogens is 406 g/mol. The molecule has 3 amide bonds. The van der Waals surface area contributed by atoms with E-state index in [-0.39, 0.29) is 23.8 Å². The summed E-state index contributed by atoms with van der Waals surface area (Å²) < 4.78 is 11.6. The normalized spacial score (nSPS) is 18.3. The van der Waals surface area contributed by atoms with E-state index >= 15 is 0 Å². The van der Waals surface area contributed by atoms with Crippen molar-refractivity contribution in [2.45, 2.75) is 50.6 Å². The highest BCUT2D eigenvalue weighted by atomic mass is 16.6. The smallest absolute Gasteiger partial charge is 0.317 e. The van der Waals surface area contributed by atoms with Crippen LogP contribution < -0.4 is 20.5 Å². The van der Waals surface area contributed by atoms with E-state index in [1.54, 1.807) is 0 Å². The molecule has 32 heavy (non-hydrogen) atoms. The Kier molecular flexibility index (Phi) is 5.41. The molecule has 7 nitrogen and oxygen atoms in total. The zero-order chi connectivity index (χ0) is 22.1. The zero-order valence-corrected chi connectivity index (χ0v) is 18.2. The van der Waals surface area contributed by atoms with E-state index in [2.05, 4.69) is 17.4 Å². The first kappa shape index (κ1) is 20.7. The number of rotatable bonds is 4. The molecule has 2 heterocycles. The molecule has 1 aliphatic carbocycles. The Morgan fingerprint density at radius 2 is 1.66 bits per heavy atom. The first-order valence-corrected chi connectivity index (χ1v) is 11.3. The van der Waals surface area contributed by atoms with Crippen LogP contribution in [0.1, 0.15) is 47.9 Å². The molecule has 0 aromatic heterocycles. The average Bonchev–Trinajstić information content (AvgIpc) is 3.25. The van der Waals surface area contributed by atoms with Gasteiger partial charge in [-0.3, -0.25) is 4.79 Å². The molecule has 1 saturated carbocycles. The van der Waals surface area contributed by atoms with Crippen molar-refractivity contribution in [3.05, 3.63) is 58.7 Å². The van der Waals surface area contributed by atoms with Gasteiger partial charge in [0.05, 0.1) is 6.42 Å². The number of carbonyl (C=O) groups is 2.